The van der Waals surface area contributed by atoms with Crippen LogP contribution in [-0.2, 0) is 10.0 Å². The van der Waals surface area contributed by atoms with Gasteiger partial charge >= 0.3 is 0 Å². The smallest absolute Gasteiger partial charge is 0.240 e. The first-order valence-electron chi connectivity index (χ1n) is 6.53. The second-order valence-electron chi connectivity index (χ2n) is 4.93. The quantitative estimate of drug-likeness (QED) is 0.894. The zero-order valence-electron chi connectivity index (χ0n) is 12.0. The molecule has 0 bridgehead atoms. The lowest BCUT2D eigenvalue weighted by atomic mass is 10.1. The van der Waals surface area contributed by atoms with Crippen molar-refractivity contribution in [2.24, 2.45) is 0 Å². The third-order valence-electron chi connectivity index (χ3n) is 3.37. The third kappa shape index (κ3) is 2.93. The fraction of sp³-hybridized carbons (Fsp3) is 0.357. The number of rotatable bonds is 5. The van der Waals surface area contributed by atoms with Crippen LogP contribution < -0.4 is 9.83 Å². The fourth-order valence-electron chi connectivity index (χ4n) is 1.98. The summed E-state index contributed by atoms with van der Waals surface area (Å²) in [5.41, 5.74) is 0.666. The first-order valence-corrected chi connectivity index (χ1v) is 8.01. The first kappa shape index (κ1) is 15.5. The number of sulfonamides is 1. The lowest BCUT2D eigenvalue weighted by Crippen LogP contribution is -2.31. The van der Waals surface area contributed by atoms with Crippen LogP contribution in [0.15, 0.2) is 27.5 Å². The molecule has 21 heavy (non-hydrogen) atoms. The Morgan fingerprint density at radius 2 is 2.10 bits per heavy atom. The van der Waals surface area contributed by atoms with E-state index in [9.17, 15) is 18.3 Å². The minimum Gasteiger partial charge on any atom is -0.542 e. The molecule has 2 aromatic rings. The van der Waals surface area contributed by atoms with Gasteiger partial charge in [-0.1, -0.05) is 6.92 Å². The van der Waals surface area contributed by atoms with Crippen LogP contribution >= 0.6 is 0 Å². The van der Waals surface area contributed by atoms with E-state index >= 15 is 0 Å². The monoisotopic (exact) mass is 310 g/mol. The summed E-state index contributed by atoms with van der Waals surface area (Å²) in [6.07, 6.45) is 0.668. The molecule has 1 aromatic heterocycles. The van der Waals surface area contributed by atoms with Gasteiger partial charge in [0.05, 0.1) is 4.90 Å². The zero-order chi connectivity index (χ0) is 15.8. The number of carbonyl (C=O) groups excluding carboxylic acids is 1. The Bertz CT molecular complexity index is 791. The van der Waals surface area contributed by atoms with Crippen LogP contribution in [0.5, 0.6) is 0 Å². The van der Waals surface area contributed by atoms with Crippen LogP contribution in [0.2, 0.25) is 0 Å². The van der Waals surface area contributed by atoms with Crippen LogP contribution in [-0.4, -0.2) is 20.4 Å². The van der Waals surface area contributed by atoms with Crippen LogP contribution in [0.1, 0.15) is 36.4 Å². The van der Waals surface area contributed by atoms with Crippen molar-refractivity contribution < 1.29 is 22.7 Å². The van der Waals surface area contributed by atoms with E-state index in [4.69, 9.17) is 4.42 Å². The van der Waals surface area contributed by atoms with Crippen LogP contribution in [0, 0.1) is 6.92 Å². The number of furan rings is 1. The summed E-state index contributed by atoms with van der Waals surface area (Å²) in [7, 11) is -3.65. The number of fused-ring (bicyclic) bond motifs is 1. The highest BCUT2D eigenvalue weighted by Gasteiger charge is 2.19. The molecule has 1 aromatic carbocycles. The molecule has 0 aliphatic heterocycles. The summed E-state index contributed by atoms with van der Waals surface area (Å²) in [6, 6.07) is 4.05. The lowest BCUT2D eigenvalue weighted by molar-refractivity contribution is -0.257. The Labute approximate surface area is 122 Å². The molecule has 0 amide bonds. The molecule has 1 N–H and O–H groups in total. The highest BCUT2D eigenvalue weighted by atomic mass is 32.2. The van der Waals surface area contributed by atoms with Gasteiger partial charge in [0.15, 0.2) is 5.76 Å². The number of hydrogen-bond donors (Lipinski definition) is 1. The molecule has 0 spiro atoms. The molecule has 6 nitrogen and oxygen atoms in total. The number of carbonyl (C=O) groups is 1. The SMILES string of the molecule is CCC(C)NS(=O)(=O)c1ccc2oc(C(=O)[O-])c(C)c2c1. The number of hydrogen-bond acceptors (Lipinski definition) is 5. The average molecular weight is 310 g/mol. The highest BCUT2D eigenvalue weighted by Crippen LogP contribution is 2.27. The number of aryl methyl sites for hydroxylation is 1. The van der Waals surface area contributed by atoms with Crippen LogP contribution in [0.4, 0.5) is 0 Å². The van der Waals surface area contributed by atoms with Crippen molar-refractivity contribution in [2.45, 2.75) is 38.1 Å². The van der Waals surface area contributed by atoms with E-state index in [-0.39, 0.29) is 16.7 Å². The van der Waals surface area contributed by atoms with Crippen molar-refractivity contribution in [3.05, 3.63) is 29.5 Å². The summed E-state index contributed by atoms with van der Waals surface area (Å²) in [5.74, 6) is -1.71. The molecule has 2 rings (SSSR count). The van der Waals surface area contributed by atoms with Crippen molar-refractivity contribution in [3.63, 3.8) is 0 Å². The Balaban J connectivity index is 2.53. The maximum Gasteiger partial charge on any atom is 0.240 e. The van der Waals surface area contributed by atoms with Crippen molar-refractivity contribution in [1.82, 2.24) is 4.72 Å². The van der Waals surface area contributed by atoms with Gasteiger partial charge in [-0.3, -0.25) is 0 Å². The topological polar surface area (TPSA) is 99.4 Å². The van der Waals surface area contributed by atoms with Gasteiger partial charge in [-0.2, -0.15) is 0 Å². The Hall–Kier alpha value is -1.86. The number of benzene rings is 1. The van der Waals surface area contributed by atoms with Gasteiger partial charge < -0.3 is 14.3 Å². The van der Waals surface area contributed by atoms with Crippen molar-refractivity contribution >= 4 is 27.0 Å². The molecule has 114 valence electrons. The molecule has 0 aliphatic rings. The second kappa shape index (κ2) is 5.50. The molecular weight excluding hydrogens is 294 g/mol. The summed E-state index contributed by atoms with van der Waals surface area (Å²) in [5, 5.41) is 11.4. The number of aromatic carboxylic acids is 1. The van der Waals surface area contributed by atoms with Gasteiger partial charge in [0.25, 0.3) is 0 Å². The maximum atomic E-state index is 12.2. The van der Waals surface area contributed by atoms with E-state index in [2.05, 4.69) is 4.72 Å². The van der Waals surface area contributed by atoms with Crippen molar-refractivity contribution in [3.8, 4) is 0 Å². The lowest BCUT2D eigenvalue weighted by Gasteiger charge is -2.12. The number of carboxylic acid groups (broad SMARTS) is 1. The normalized spacial score (nSPS) is 13.5. The Kier molecular flexibility index (Phi) is 4.06. The fourth-order valence-corrected chi connectivity index (χ4v) is 3.33. The van der Waals surface area contributed by atoms with Crippen LogP contribution in [0.3, 0.4) is 0 Å². The molecule has 7 heteroatoms. The summed E-state index contributed by atoms with van der Waals surface area (Å²) < 4.78 is 32.2. The van der Waals surface area contributed by atoms with Crippen molar-refractivity contribution in [1.29, 1.82) is 0 Å². The van der Waals surface area contributed by atoms with Crippen LogP contribution in [0.25, 0.3) is 11.0 Å². The molecule has 0 aliphatic carbocycles. The predicted octanol–water partition coefficient (Wildman–Crippen LogP) is 1.18. The van der Waals surface area contributed by atoms with E-state index in [1.807, 2.05) is 6.92 Å². The minimum atomic E-state index is -3.65. The molecule has 1 heterocycles. The molecular formula is C14H16NO5S-. The largest absolute Gasteiger partial charge is 0.542 e. The van der Waals surface area contributed by atoms with E-state index in [0.717, 1.165) is 0 Å². The molecule has 0 radical (unpaired) electrons. The molecule has 1 unspecified atom stereocenters. The van der Waals surface area contributed by atoms with Gasteiger partial charge in [0.1, 0.15) is 11.6 Å². The van der Waals surface area contributed by atoms with Gasteiger partial charge in [-0.25, -0.2) is 13.1 Å². The predicted molar refractivity (Wildman–Crippen MR) is 75.4 cm³/mol. The second-order valence-corrected chi connectivity index (χ2v) is 6.65. The van der Waals surface area contributed by atoms with Gasteiger partial charge in [-0.15, -0.1) is 0 Å². The molecule has 1 atom stereocenters. The molecule has 0 saturated carbocycles. The molecule has 0 saturated heterocycles. The summed E-state index contributed by atoms with van der Waals surface area (Å²) in [4.78, 5) is 11.0. The third-order valence-corrected chi connectivity index (χ3v) is 4.96. The average Bonchev–Trinajstić information content (AvgIpc) is 2.75. The van der Waals surface area contributed by atoms with E-state index in [1.54, 1.807) is 13.8 Å². The summed E-state index contributed by atoms with van der Waals surface area (Å²) >= 11 is 0. The van der Waals surface area contributed by atoms with E-state index in [0.29, 0.717) is 23.0 Å². The van der Waals surface area contributed by atoms with Gasteiger partial charge in [0.2, 0.25) is 10.0 Å². The van der Waals surface area contributed by atoms with Gasteiger partial charge in [-0.05, 0) is 38.5 Å². The first-order chi connectivity index (χ1) is 9.76. The van der Waals surface area contributed by atoms with E-state index in [1.165, 1.54) is 18.2 Å². The standard InChI is InChI=1S/C14H17NO5S/c1-4-8(2)15-21(18,19)10-5-6-12-11(7-10)9(3)13(20-12)14(16)17/h5-8,15H,4H2,1-3H3,(H,16,17)/p-1. The van der Waals surface area contributed by atoms with Gasteiger partial charge in [0, 0.05) is 17.0 Å². The zero-order valence-corrected chi connectivity index (χ0v) is 12.8. The van der Waals surface area contributed by atoms with Crippen molar-refractivity contribution in [2.75, 3.05) is 0 Å². The summed E-state index contributed by atoms with van der Waals surface area (Å²) in [6.45, 7) is 5.20. The maximum absolute atomic E-state index is 12.2. The van der Waals surface area contributed by atoms with E-state index < -0.39 is 16.0 Å². The molecule has 0 fully saturated rings. The number of nitrogens with one attached hydrogen (secondary N) is 1. The Morgan fingerprint density at radius 1 is 1.43 bits per heavy atom. The number of carboxylic acids is 1. The minimum absolute atomic E-state index is 0.0732. The Morgan fingerprint density at radius 3 is 2.67 bits per heavy atom. The highest BCUT2D eigenvalue weighted by molar-refractivity contribution is 7.89.